The third kappa shape index (κ3) is 11.4. The fourth-order valence-corrected chi connectivity index (χ4v) is 1.27. The molecule has 0 atom stereocenters. The van der Waals surface area contributed by atoms with Gasteiger partial charge >= 0.3 is 0 Å². The molecule has 0 spiro atoms. The number of hydrogen-bond donors (Lipinski definition) is 1. The van der Waals surface area contributed by atoms with Gasteiger partial charge in [0, 0.05) is 0 Å². The highest BCUT2D eigenvalue weighted by molar-refractivity contribution is 5.00. The second-order valence-corrected chi connectivity index (χ2v) is 3.55. The standard InChI is InChI=1S/C13H25N/c1-3-5-7-9-11-13-14-12-10-8-6-4-2/h3,5,7,9,14H,4,6,8,10-13H2,1-2H3/b5-3-,9-7-. The van der Waals surface area contributed by atoms with E-state index in [2.05, 4.69) is 36.5 Å². The van der Waals surface area contributed by atoms with E-state index in [1.54, 1.807) is 0 Å². The van der Waals surface area contributed by atoms with Gasteiger partial charge in [-0.15, -0.1) is 0 Å². The lowest BCUT2D eigenvalue weighted by molar-refractivity contribution is 0.601. The smallest absolute Gasteiger partial charge is 0.00142 e. The van der Waals surface area contributed by atoms with Crippen LogP contribution in [0.5, 0.6) is 0 Å². The van der Waals surface area contributed by atoms with Crippen molar-refractivity contribution in [3.05, 3.63) is 24.3 Å². The van der Waals surface area contributed by atoms with E-state index < -0.39 is 0 Å². The molecule has 82 valence electrons. The van der Waals surface area contributed by atoms with E-state index in [0.717, 1.165) is 13.0 Å². The van der Waals surface area contributed by atoms with E-state index in [0.29, 0.717) is 0 Å². The van der Waals surface area contributed by atoms with E-state index >= 15 is 0 Å². The average molecular weight is 195 g/mol. The summed E-state index contributed by atoms with van der Waals surface area (Å²) in [7, 11) is 0. The van der Waals surface area contributed by atoms with Crippen LogP contribution in [-0.2, 0) is 0 Å². The number of rotatable bonds is 9. The van der Waals surface area contributed by atoms with Gasteiger partial charge in [0.1, 0.15) is 0 Å². The van der Waals surface area contributed by atoms with Gasteiger partial charge in [-0.1, -0.05) is 50.5 Å². The normalized spacial score (nSPS) is 11.9. The van der Waals surface area contributed by atoms with Gasteiger partial charge in [0.2, 0.25) is 0 Å². The first-order chi connectivity index (χ1) is 6.91. The molecule has 0 saturated heterocycles. The molecule has 0 rings (SSSR count). The molecule has 0 aliphatic heterocycles. The SMILES string of the molecule is C/C=C\C=C/CCNCCCCCC. The summed E-state index contributed by atoms with van der Waals surface area (Å²) in [6.07, 6.45) is 15.0. The second-order valence-electron chi connectivity index (χ2n) is 3.55. The maximum Gasteiger partial charge on any atom is -0.00142 e. The molecule has 1 N–H and O–H groups in total. The highest BCUT2D eigenvalue weighted by Gasteiger charge is 1.86. The van der Waals surface area contributed by atoms with Crippen molar-refractivity contribution in [1.82, 2.24) is 5.32 Å². The minimum absolute atomic E-state index is 1.11. The molecule has 0 bridgehead atoms. The Morgan fingerprint density at radius 3 is 2.57 bits per heavy atom. The van der Waals surface area contributed by atoms with Crippen LogP contribution in [0.4, 0.5) is 0 Å². The topological polar surface area (TPSA) is 12.0 Å². The van der Waals surface area contributed by atoms with Crippen LogP contribution in [0.15, 0.2) is 24.3 Å². The third-order valence-electron chi connectivity index (χ3n) is 2.13. The fourth-order valence-electron chi connectivity index (χ4n) is 1.27. The summed E-state index contributed by atoms with van der Waals surface area (Å²) < 4.78 is 0. The van der Waals surface area contributed by atoms with Crippen LogP contribution >= 0.6 is 0 Å². The molecule has 14 heavy (non-hydrogen) atoms. The van der Waals surface area contributed by atoms with Gasteiger partial charge in [0.15, 0.2) is 0 Å². The van der Waals surface area contributed by atoms with Crippen LogP contribution in [-0.4, -0.2) is 13.1 Å². The molecule has 0 unspecified atom stereocenters. The van der Waals surface area contributed by atoms with Crippen LogP contribution in [0.2, 0.25) is 0 Å². The Kier molecular flexibility index (Phi) is 11.9. The lowest BCUT2D eigenvalue weighted by Crippen LogP contribution is -2.15. The Labute approximate surface area is 89.3 Å². The predicted octanol–water partition coefficient (Wildman–Crippen LogP) is 3.68. The monoisotopic (exact) mass is 195 g/mol. The molecule has 0 aromatic heterocycles. The quantitative estimate of drug-likeness (QED) is 0.437. The first-order valence-electron chi connectivity index (χ1n) is 5.90. The van der Waals surface area contributed by atoms with Crippen molar-refractivity contribution in [3.63, 3.8) is 0 Å². The minimum atomic E-state index is 1.11. The summed E-state index contributed by atoms with van der Waals surface area (Å²) in [4.78, 5) is 0. The summed E-state index contributed by atoms with van der Waals surface area (Å²) >= 11 is 0. The second kappa shape index (κ2) is 12.4. The number of unbranched alkanes of at least 4 members (excludes halogenated alkanes) is 3. The van der Waals surface area contributed by atoms with E-state index in [-0.39, 0.29) is 0 Å². The van der Waals surface area contributed by atoms with Gasteiger partial charge in [0.25, 0.3) is 0 Å². The van der Waals surface area contributed by atoms with E-state index in [1.165, 1.54) is 32.2 Å². The Morgan fingerprint density at radius 2 is 1.86 bits per heavy atom. The number of allylic oxidation sites excluding steroid dienone is 3. The van der Waals surface area contributed by atoms with Crippen molar-refractivity contribution >= 4 is 0 Å². The Bertz CT molecular complexity index is 147. The van der Waals surface area contributed by atoms with Crippen LogP contribution in [0.25, 0.3) is 0 Å². The van der Waals surface area contributed by atoms with Crippen LogP contribution in [0.1, 0.15) is 46.0 Å². The molecule has 0 aliphatic carbocycles. The molecular weight excluding hydrogens is 170 g/mol. The van der Waals surface area contributed by atoms with E-state index in [9.17, 15) is 0 Å². The van der Waals surface area contributed by atoms with Crippen molar-refractivity contribution in [2.24, 2.45) is 0 Å². The van der Waals surface area contributed by atoms with E-state index in [1.807, 2.05) is 6.92 Å². The Morgan fingerprint density at radius 1 is 1.00 bits per heavy atom. The van der Waals surface area contributed by atoms with Crippen molar-refractivity contribution in [2.45, 2.75) is 46.0 Å². The maximum atomic E-state index is 3.45. The number of nitrogens with one attached hydrogen (secondary N) is 1. The predicted molar refractivity (Wildman–Crippen MR) is 65.6 cm³/mol. The molecule has 0 radical (unpaired) electrons. The Balaban J connectivity index is 2.98. The van der Waals surface area contributed by atoms with E-state index in [4.69, 9.17) is 0 Å². The summed E-state index contributed by atoms with van der Waals surface area (Å²) in [6, 6.07) is 0. The lowest BCUT2D eigenvalue weighted by Gasteiger charge is -2.01. The number of hydrogen-bond acceptors (Lipinski definition) is 1. The first-order valence-corrected chi connectivity index (χ1v) is 5.90. The third-order valence-corrected chi connectivity index (χ3v) is 2.13. The first kappa shape index (κ1) is 13.4. The van der Waals surface area contributed by atoms with Crippen molar-refractivity contribution in [2.75, 3.05) is 13.1 Å². The average Bonchev–Trinajstić information content (AvgIpc) is 2.21. The van der Waals surface area contributed by atoms with Crippen molar-refractivity contribution in [3.8, 4) is 0 Å². The molecule has 0 amide bonds. The van der Waals surface area contributed by atoms with Gasteiger partial charge in [-0.25, -0.2) is 0 Å². The summed E-state index contributed by atoms with van der Waals surface area (Å²) in [5, 5.41) is 3.45. The van der Waals surface area contributed by atoms with Gasteiger partial charge in [0.05, 0.1) is 0 Å². The fraction of sp³-hybridized carbons (Fsp3) is 0.692. The molecular formula is C13H25N. The zero-order valence-electron chi connectivity index (χ0n) is 9.76. The summed E-state index contributed by atoms with van der Waals surface area (Å²) in [6.45, 7) is 6.58. The van der Waals surface area contributed by atoms with Crippen molar-refractivity contribution in [1.29, 1.82) is 0 Å². The molecule has 0 saturated carbocycles. The van der Waals surface area contributed by atoms with Gasteiger partial charge in [-0.3, -0.25) is 0 Å². The highest BCUT2D eigenvalue weighted by atomic mass is 14.8. The highest BCUT2D eigenvalue weighted by Crippen LogP contribution is 1.96. The lowest BCUT2D eigenvalue weighted by atomic mass is 10.2. The molecule has 0 heterocycles. The summed E-state index contributed by atoms with van der Waals surface area (Å²) in [5.41, 5.74) is 0. The van der Waals surface area contributed by atoms with Gasteiger partial charge in [-0.2, -0.15) is 0 Å². The van der Waals surface area contributed by atoms with Gasteiger partial charge < -0.3 is 5.32 Å². The molecule has 1 heteroatoms. The van der Waals surface area contributed by atoms with Crippen molar-refractivity contribution < 1.29 is 0 Å². The zero-order valence-corrected chi connectivity index (χ0v) is 9.76. The Hall–Kier alpha value is -0.560. The van der Waals surface area contributed by atoms with Crippen LogP contribution < -0.4 is 5.32 Å². The summed E-state index contributed by atoms with van der Waals surface area (Å²) in [5.74, 6) is 0. The molecule has 1 nitrogen and oxygen atoms in total. The van der Waals surface area contributed by atoms with Crippen LogP contribution in [0.3, 0.4) is 0 Å². The largest absolute Gasteiger partial charge is 0.316 e. The maximum absolute atomic E-state index is 3.45. The van der Waals surface area contributed by atoms with Gasteiger partial charge in [-0.05, 0) is 32.9 Å². The molecule has 0 aromatic rings. The minimum Gasteiger partial charge on any atom is -0.316 e. The molecule has 0 fully saturated rings. The zero-order chi connectivity index (χ0) is 10.5. The molecule has 0 aromatic carbocycles. The molecule has 0 aliphatic rings. The van der Waals surface area contributed by atoms with Crippen LogP contribution in [0, 0.1) is 0 Å².